The second-order valence-electron chi connectivity index (χ2n) is 3.48. The third-order valence-electron chi connectivity index (χ3n) is 2.50. The molecule has 2 rings (SSSR count). The van der Waals surface area contributed by atoms with Gasteiger partial charge in [-0.05, 0) is 25.3 Å². The molecule has 1 aliphatic carbocycles. The van der Waals surface area contributed by atoms with Crippen LogP contribution < -0.4 is 10.6 Å². The first-order chi connectivity index (χ1) is 6.38. The van der Waals surface area contributed by atoms with Crippen molar-refractivity contribution in [3.8, 4) is 0 Å². The predicted octanol–water partition coefficient (Wildman–Crippen LogP) is 2.09. The molecule has 1 heterocycles. The maximum Gasteiger partial charge on any atom is 0.0549 e. The molecule has 0 aliphatic heterocycles. The largest absolute Gasteiger partial charge is 0.387 e. The van der Waals surface area contributed by atoms with Gasteiger partial charge in [0.25, 0.3) is 0 Å². The van der Waals surface area contributed by atoms with Crippen molar-refractivity contribution >= 4 is 11.4 Å². The molecule has 70 valence electrons. The Kier molecular flexibility index (Phi) is 2.34. The lowest BCUT2D eigenvalue weighted by Gasteiger charge is -2.27. The molecule has 0 spiro atoms. The number of aromatic nitrogens is 1. The fourth-order valence-corrected chi connectivity index (χ4v) is 1.44. The number of rotatable bonds is 3. The van der Waals surface area contributed by atoms with E-state index in [0.717, 1.165) is 11.4 Å². The van der Waals surface area contributed by atoms with Gasteiger partial charge in [-0.1, -0.05) is 0 Å². The van der Waals surface area contributed by atoms with E-state index in [9.17, 15) is 0 Å². The molecule has 1 aromatic heterocycles. The van der Waals surface area contributed by atoms with Gasteiger partial charge in [0.1, 0.15) is 0 Å². The Morgan fingerprint density at radius 2 is 2.08 bits per heavy atom. The number of hydrogen-bond donors (Lipinski definition) is 2. The summed E-state index contributed by atoms with van der Waals surface area (Å²) in [6.07, 6.45) is 7.65. The topological polar surface area (TPSA) is 37.0 Å². The van der Waals surface area contributed by atoms with Gasteiger partial charge < -0.3 is 10.6 Å². The summed E-state index contributed by atoms with van der Waals surface area (Å²) in [7, 11) is 1.91. The molecule has 13 heavy (non-hydrogen) atoms. The smallest absolute Gasteiger partial charge is 0.0549 e. The summed E-state index contributed by atoms with van der Waals surface area (Å²) in [5.74, 6) is 0. The Hall–Kier alpha value is -1.25. The van der Waals surface area contributed by atoms with Crippen LogP contribution in [-0.2, 0) is 0 Å². The third kappa shape index (κ3) is 1.91. The standard InChI is InChI=1S/C10H15N3/c1-11-9-5-10(7-12-6-9)13-8-3-2-4-8/h5-8,11,13H,2-4H2,1H3. The molecule has 0 saturated heterocycles. The highest BCUT2D eigenvalue weighted by Gasteiger charge is 2.16. The van der Waals surface area contributed by atoms with E-state index in [1.165, 1.54) is 19.3 Å². The first-order valence-corrected chi connectivity index (χ1v) is 4.78. The van der Waals surface area contributed by atoms with Crippen LogP contribution in [0.3, 0.4) is 0 Å². The molecule has 2 N–H and O–H groups in total. The lowest BCUT2D eigenvalue weighted by atomic mass is 9.93. The van der Waals surface area contributed by atoms with Crippen LogP contribution in [0.4, 0.5) is 11.4 Å². The van der Waals surface area contributed by atoms with E-state index < -0.39 is 0 Å². The molecule has 1 fully saturated rings. The Morgan fingerprint density at radius 3 is 2.69 bits per heavy atom. The van der Waals surface area contributed by atoms with Gasteiger partial charge in [-0.2, -0.15) is 0 Å². The minimum absolute atomic E-state index is 0.675. The van der Waals surface area contributed by atoms with Crippen LogP contribution in [0.25, 0.3) is 0 Å². The molecule has 0 atom stereocenters. The zero-order valence-electron chi connectivity index (χ0n) is 7.88. The first-order valence-electron chi connectivity index (χ1n) is 4.78. The summed E-state index contributed by atoms with van der Waals surface area (Å²) in [6.45, 7) is 0. The Labute approximate surface area is 78.6 Å². The van der Waals surface area contributed by atoms with Gasteiger partial charge in [0.15, 0.2) is 0 Å². The summed E-state index contributed by atoms with van der Waals surface area (Å²) < 4.78 is 0. The maximum absolute atomic E-state index is 4.14. The Bertz CT molecular complexity index is 281. The van der Waals surface area contributed by atoms with Gasteiger partial charge in [-0.3, -0.25) is 4.98 Å². The number of hydrogen-bond acceptors (Lipinski definition) is 3. The van der Waals surface area contributed by atoms with Crippen molar-refractivity contribution in [2.24, 2.45) is 0 Å². The van der Waals surface area contributed by atoms with Crippen molar-refractivity contribution in [3.63, 3.8) is 0 Å². The third-order valence-corrected chi connectivity index (χ3v) is 2.50. The van der Waals surface area contributed by atoms with Crippen LogP contribution in [0, 0.1) is 0 Å². The monoisotopic (exact) mass is 177 g/mol. The van der Waals surface area contributed by atoms with Crippen molar-refractivity contribution in [3.05, 3.63) is 18.5 Å². The molecule has 3 heteroatoms. The van der Waals surface area contributed by atoms with Crippen molar-refractivity contribution in [2.75, 3.05) is 17.7 Å². The number of anilines is 2. The Balaban J connectivity index is 2.01. The van der Waals surface area contributed by atoms with E-state index in [2.05, 4.69) is 21.7 Å². The average Bonchev–Trinajstić information content (AvgIpc) is 2.12. The number of nitrogens with one attached hydrogen (secondary N) is 2. The van der Waals surface area contributed by atoms with Crippen molar-refractivity contribution in [1.82, 2.24) is 4.98 Å². The molecular formula is C10H15N3. The van der Waals surface area contributed by atoms with Crippen LogP contribution in [0.15, 0.2) is 18.5 Å². The molecular weight excluding hydrogens is 162 g/mol. The van der Waals surface area contributed by atoms with E-state index in [4.69, 9.17) is 0 Å². The molecule has 0 bridgehead atoms. The zero-order chi connectivity index (χ0) is 9.10. The number of nitrogens with zero attached hydrogens (tertiary/aromatic N) is 1. The summed E-state index contributed by atoms with van der Waals surface area (Å²) in [5, 5.41) is 6.52. The van der Waals surface area contributed by atoms with Gasteiger partial charge in [0.05, 0.1) is 23.8 Å². The highest BCUT2D eigenvalue weighted by molar-refractivity contribution is 5.54. The molecule has 0 unspecified atom stereocenters. The van der Waals surface area contributed by atoms with Crippen LogP contribution in [0.5, 0.6) is 0 Å². The predicted molar refractivity (Wildman–Crippen MR) is 55.0 cm³/mol. The molecule has 0 radical (unpaired) electrons. The molecule has 1 aromatic rings. The highest BCUT2D eigenvalue weighted by Crippen LogP contribution is 2.23. The van der Waals surface area contributed by atoms with Crippen molar-refractivity contribution < 1.29 is 0 Å². The van der Waals surface area contributed by atoms with E-state index in [1.54, 1.807) is 0 Å². The van der Waals surface area contributed by atoms with Gasteiger partial charge >= 0.3 is 0 Å². The molecule has 1 saturated carbocycles. The van der Waals surface area contributed by atoms with Crippen LogP contribution in [-0.4, -0.2) is 18.1 Å². The summed E-state index contributed by atoms with van der Waals surface area (Å²) >= 11 is 0. The zero-order valence-corrected chi connectivity index (χ0v) is 7.88. The van der Waals surface area contributed by atoms with Crippen LogP contribution in [0.1, 0.15) is 19.3 Å². The van der Waals surface area contributed by atoms with E-state index in [-0.39, 0.29) is 0 Å². The van der Waals surface area contributed by atoms with E-state index in [1.807, 2.05) is 19.4 Å². The van der Waals surface area contributed by atoms with Crippen LogP contribution in [0.2, 0.25) is 0 Å². The minimum Gasteiger partial charge on any atom is -0.387 e. The van der Waals surface area contributed by atoms with Gasteiger partial charge in [-0.25, -0.2) is 0 Å². The summed E-state index contributed by atoms with van der Waals surface area (Å²) in [4.78, 5) is 4.14. The van der Waals surface area contributed by atoms with Crippen LogP contribution >= 0.6 is 0 Å². The SMILES string of the molecule is CNc1cncc(NC2CCC2)c1. The van der Waals surface area contributed by atoms with Gasteiger partial charge in [0.2, 0.25) is 0 Å². The lowest BCUT2D eigenvalue weighted by molar-refractivity contribution is 0.445. The second-order valence-corrected chi connectivity index (χ2v) is 3.48. The van der Waals surface area contributed by atoms with Gasteiger partial charge in [-0.15, -0.1) is 0 Å². The fourth-order valence-electron chi connectivity index (χ4n) is 1.44. The van der Waals surface area contributed by atoms with E-state index >= 15 is 0 Å². The van der Waals surface area contributed by atoms with Crippen molar-refractivity contribution in [1.29, 1.82) is 0 Å². The van der Waals surface area contributed by atoms with Gasteiger partial charge in [0, 0.05) is 13.1 Å². The molecule has 0 amide bonds. The highest BCUT2D eigenvalue weighted by atomic mass is 15.0. The summed E-state index contributed by atoms with van der Waals surface area (Å²) in [5.41, 5.74) is 2.18. The minimum atomic E-state index is 0.675. The van der Waals surface area contributed by atoms with E-state index in [0.29, 0.717) is 6.04 Å². The average molecular weight is 177 g/mol. The maximum atomic E-state index is 4.14. The first kappa shape index (κ1) is 8.35. The normalized spacial score (nSPS) is 16.4. The fraction of sp³-hybridized carbons (Fsp3) is 0.500. The lowest BCUT2D eigenvalue weighted by Crippen LogP contribution is -2.26. The molecule has 1 aliphatic rings. The number of pyridine rings is 1. The van der Waals surface area contributed by atoms with Crippen molar-refractivity contribution in [2.45, 2.75) is 25.3 Å². The molecule has 3 nitrogen and oxygen atoms in total. The second kappa shape index (κ2) is 3.64. The molecule has 0 aromatic carbocycles. The Morgan fingerprint density at radius 1 is 1.31 bits per heavy atom. The summed E-state index contributed by atoms with van der Waals surface area (Å²) in [6, 6.07) is 2.76. The quantitative estimate of drug-likeness (QED) is 0.742.